The van der Waals surface area contributed by atoms with Crippen LogP contribution in [0, 0.1) is 0 Å². The summed E-state index contributed by atoms with van der Waals surface area (Å²) in [5.41, 5.74) is 4.48. The molecule has 0 spiro atoms. The van der Waals surface area contributed by atoms with Gasteiger partial charge in [-0.15, -0.1) is 0 Å². The second-order valence-electron chi connectivity index (χ2n) is 7.03. The summed E-state index contributed by atoms with van der Waals surface area (Å²) < 4.78 is 0. The molecular weight excluding hydrogens is 328 g/mol. The van der Waals surface area contributed by atoms with Gasteiger partial charge in [-0.05, 0) is 43.4 Å². The number of H-pyrrole nitrogens is 1. The maximum atomic E-state index is 12.6. The van der Waals surface area contributed by atoms with Gasteiger partial charge in [0.15, 0.2) is 0 Å². The summed E-state index contributed by atoms with van der Waals surface area (Å²) >= 11 is 0. The Morgan fingerprint density at radius 2 is 1.92 bits per heavy atom. The molecule has 26 heavy (non-hydrogen) atoms. The predicted molar refractivity (Wildman–Crippen MR) is 98.9 cm³/mol. The Hall–Kier alpha value is -2.63. The molecule has 6 heteroatoms. The van der Waals surface area contributed by atoms with Crippen LogP contribution in [0.5, 0.6) is 0 Å². The van der Waals surface area contributed by atoms with Gasteiger partial charge >= 0.3 is 0 Å². The Morgan fingerprint density at radius 3 is 2.73 bits per heavy atom. The number of anilines is 1. The van der Waals surface area contributed by atoms with E-state index >= 15 is 0 Å². The van der Waals surface area contributed by atoms with Gasteiger partial charge in [0.25, 0.3) is 0 Å². The highest BCUT2D eigenvalue weighted by molar-refractivity contribution is 5.97. The van der Waals surface area contributed by atoms with Crippen LogP contribution in [0.1, 0.15) is 36.2 Å². The van der Waals surface area contributed by atoms with Gasteiger partial charge in [-0.2, -0.15) is 5.10 Å². The number of rotatable bonds is 4. The SMILES string of the molecule is O=C(CCc1n[nH]c2c1CCCC2)N1CCN(c2ccccc2)C(=O)C1. The summed E-state index contributed by atoms with van der Waals surface area (Å²) in [5.74, 6) is 0.0200. The molecule has 1 aromatic carbocycles. The van der Waals surface area contributed by atoms with E-state index in [4.69, 9.17) is 0 Å². The molecule has 0 bridgehead atoms. The minimum Gasteiger partial charge on any atom is -0.332 e. The van der Waals surface area contributed by atoms with Gasteiger partial charge in [-0.3, -0.25) is 14.7 Å². The Labute approximate surface area is 153 Å². The smallest absolute Gasteiger partial charge is 0.246 e. The summed E-state index contributed by atoms with van der Waals surface area (Å²) in [6.07, 6.45) is 5.59. The van der Waals surface area contributed by atoms with E-state index in [-0.39, 0.29) is 18.4 Å². The average Bonchev–Trinajstić information content (AvgIpc) is 3.10. The lowest BCUT2D eigenvalue weighted by Crippen LogP contribution is -2.52. The fourth-order valence-corrected chi connectivity index (χ4v) is 3.91. The minimum absolute atomic E-state index is 0.0204. The number of para-hydroxylation sites is 1. The number of nitrogens with zero attached hydrogens (tertiary/aromatic N) is 3. The van der Waals surface area contributed by atoms with Crippen molar-refractivity contribution in [2.45, 2.75) is 38.5 Å². The molecule has 1 saturated heterocycles. The fraction of sp³-hybridized carbons (Fsp3) is 0.450. The van der Waals surface area contributed by atoms with Gasteiger partial charge < -0.3 is 9.80 Å². The van der Waals surface area contributed by atoms with Crippen LogP contribution in [0.4, 0.5) is 5.69 Å². The zero-order valence-electron chi connectivity index (χ0n) is 14.9. The quantitative estimate of drug-likeness (QED) is 0.916. The highest BCUT2D eigenvalue weighted by Gasteiger charge is 2.28. The zero-order chi connectivity index (χ0) is 17.9. The number of piperazine rings is 1. The molecule has 2 amide bonds. The van der Waals surface area contributed by atoms with E-state index in [1.807, 2.05) is 30.3 Å². The molecule has 4 rings (SSSR count). The molecule has 0 atom stereocenters. The monoisotopic (exact) mass is 352 g/mol. The van der Waals surface area contributed by atoms with E-state index < -0.39 is 0 Å². The lowest BCUT2D eigenvalue weighted by Gasteiger charge is -2.34. The van der Waals surface area contributed by atoms with Gasteiger partial charge in [-0.25, -0.2) is 0 Å². The molecule has 6 nitrogen and oxygen atoms in total. The summed E-state index contributed by atoms with van der Waals surface area (Å²) in [4.78, 5) is 28.5. The van der Waals surface area contributed by atoms with Crippen LogP contribution in [0.25, 0.3) is 0 Å². The molecule has 1 N–H and O–H groups in total. The summed E-state index contributed by atoms with van der Waals surface area (Å²) in [7, 11) is 0. The van der Waals surface area contributed by atoms with Crippen molar-refractivity contribution in [3.63, 3.8) is 0 Å². The van der Waals surface area contributed by atoms with E-state index in [0.29, 0.717) is 25.9 Å². The Kier molecular flexibility index (Phi) is 4.73. The maximum Gasteiger partial charge on any atom is 0.246 e. The normalized spacial score (nSPS) is 17.3. The molecule has 1 aromatic heterocycles. The highest BCUT2D eigenvalue weighted by atomic mass is 16.2. The van der Waals surface area contributed by atoms with Gasteiger partial charge in [-0.1, -0.05) is 18.2 Å². The topological polar surface area (TPSA) is 69.3 Å². The van der Waals surface area contributed by atoms with E-state index in [9.17, 15) is 9.59 Å². The molecule has 1 aliphatic carbocycles. The highest BCUT2D eigenvalue weighted by Crippen LogP contribution is 2.23. The molecule has 136 valence electrons. The number of nitrogens with one attached hydrogen (secondary N) is 1. The Bertz CT molecular complexity index is 799. The number of hydrogen-bond acceptors (Lipinski definition) is 3. The second kappa shape index (κ2) is 7.32. The van der Waals surface area contributed by atoms with Crippen LogP contribution >= 0.6 is 0 Å². The molecule has 0 saturated carbocycles. The van der Waals surface area contributed by atoms with Crippen LogP contribution in [-0.2, 0) is 28.9 Å². The molecule has 2 aliphatic rings. The van der Waals surface area contributed by atoms with Crippen molar-refractivity contribution < 1.29 is 9.59 Å². The molecule has 2 heterocycles. The van der Waals surface area contributed by atoms with Gasteiger partial charge in [0.05, 0.1) is 5.69 Å². The number of amides is 2. The van der Waals surface area contributed by atoms with E-state index in [2.05, 4.69) is 10.2 Å². The third-order valence-electron chi connectivity index (χ3n) is 5.36. The number of carbonyl (C=O) groups excluding carboxylic acids is 2. The van der Waals surface area contributed by atoms with Crippen molar-refractivity contribution in [2.75, 3.05) is 24.5 Å². The van der Waals surface area contributed by atoms with Crippen molar-refractivity contribution in [1.29, 1.82) is 0 Å². The minimum atomic E-state index is -0.0204. The number of carbonyl (C=O) groups is 2. The summed E-state index contributed by atoms with van der Waals surface area (Å²) in [5, 5.41) is 7.54. The standard InChI is InChI=1S/C20H24N4O2/c25-19(11-10-18-16-8-4-5-9-17(16)21-22-18)23-12-13-24(20(26)14-23)15-6-2-1-3-7-15/h1-3,6-7H,4-5,8-14H2,(H,21,22). The third-order valence-corrected chi connectivity index (χ3v) is 5.36. The Morgan fingerprint density at radius 1 is 1.12 bits per heavy atom. The lowest BCUT2D eigenvalue weighted by molar-refractivity contribution is -0.136. The zero-order valence-corrected chi connectivity index (χ0v) is 14.9. The first-order valence-electron chi connectivity index (χ1n) is 9.40. The van der Waals surface area contributed by atoms with Crippen molar-refractivity contribution in [3.05, 3.63) is 47.3 Å². The van der Waals surface area contributed by atoms with Crippen molar-refractivity contribution in [2.24, 2.45) is 0 Å². The van der Waals surface area contributed by atoms with Crippen molar-refractivity contribution in [3.8, 4) is 0 Å². The van der Waals surface area contributed by atoms with Crippen LogP contribution in [0.2, 0.25) is 0 Å². The lowest BCUT2D eigenvalue weighted by atomic mass is 9.94. The molecular formula is C20H24N4O2. The molecule has 1 aliphatic heterocycles. The van der Waals surface area contributed by atoms with E-state index in [0.717, 1.165) is 24.2 Å². The van der Waals surface area contributed by atoms with Crippen molar-refractivity contribution >= 4 is 17.5 Å². The van der Waals surface area contributed by atoms with Crippen LogP contribution in [0.3, 0.4) is 0 Å². The number of benzene rings is 1. The first kappa shape index (κ1) is 16.8. The average molecular weight is 352 g/mol. The largest absolute Gasteiger partial charge is 0.332 e. The van der Waals surface area contributed by atoms with Crippen LogP contribution in [-0.4, -0.2) is 46.5 Å². The molecule has 0 radical (unpaired) electrons. The second-order valence-corrected chi connectivity index (χ2v) is 7.03. The van der Waals surface area contributed by atoms with E-state index in [1.165, 1.54) is 24.1 Å². The molecule has 2 aromatic rings. The fourth-order valence-electron chi connectivity index (χ4n) is 3.91. The van der Waals surface area contributed by atoms with Crippen LogP contribution in [0.15, 0.2) is 30.3 Å². The molecule has 0 unspecified atom stereocenters. The number of aromatic nitrogens is 2. The van der Waals surface area contributed by atoms with Crippen LogP contribution < -0.4 is 4.90 Å². The van der Waals surface area contributed by atoms with E-state index in [1.54, 1.807) is 9.80 Å². The number of hydrogen-bond donors (Lipinski definition) is 1. The third kappa shape index (κ3) is 3.36. The van der Waals surface area contributed by atoms with Gasteiger partial charge in [0.2, 0.25) is 11.8 Å². The van der Waals surface area contributed by atoms with Gasteiger partial charge in [0.1, 0.15) is 6.54 Å². The van der Waals surface area contributed by atoms with Gasteiger partial charge in [0, 0.05) is 37.3 Å². The number of fused-ring (bicyclic) bond motifs is 1. The first-order valence-corrected chi connectivity index (χ1v) is 9.40. The molecule has 1 fully saturated rings. The van der Waals surface area contributed by atoms with Crippen molar-refractivity contribution in [1.82, 2.24) is 15.1 Å². The first-order chi connectivity index (χ1) is 12.7. The predicted octanol–water partition coefficient (Wildman–Crippen LogP) is 2.10. The summed E-state index contributed by atoms with van der Waals surface area (Å²) in [6.45, 7) is 1.29. The summed E-state index contributed by atoms with van der Waals surface area (Å²) in [6, 6.07) is 9.63. The maximum absolute atomic E-state index is 12.6. The Balaban J connectivity index is 1.33. The number of aryl methyl sites for hydroxylation is 2. The number of aromatic amines is 1.